The summed E-state index contributed by atoms with van der Waals surface area (Å²) in [5.41, 5.74) is 4.84. The summed E-state index contributed by atoms with van der Waals surface area (Å²) in [7, 11) is 0. The Hall–Kier alpha value is -3.01. The van der Waals surface area contributed by atoms with E-state index in [-0.39, 0.29) is 23.7 Å². The van der Waals surface area contributed by atoms with Crippen LogP contribution in [0.4, 0.5) is 0 Å². The highest BCUT2D eigenvalue weighted by Gasteiger charge is 2.56. The minimum atomic E-state index is -1.07. The second kappa shape index (κ2) is 8.62. The van der Waals surface area contributed by atoms with Crippen LogP contribution in [0.25, 0.3) is 0 Å². The Kier molecular flexibility index (Phi) is 6.30. The first kappa shape index (κ1) is 22.7. The van der Waals surface area contributed by atoms with Gasteiger partial charge in [-0.15, -0.1) is 0 Å². The van der Waals surface area contributed by atoms with Crippen molar-refractivity contribution in [1.82, 2.24) is 0 Å². The smallest absolute Gasteiger partial charge is 0.320 e. The Morgan fingerprint density at radius 3 is 1.29 bits per heavy atom. The number of carboxylic acids is 3. The van der Waals surface area contributed by atoms with E-state index < -0.39 is 59.6 Å². The number of rotatable bonds is 5. The van der Waals surface area contributed by atoms with Crippen molar-refractivity contribution in [3.63, 3.8) is 0 Å². The van der Waals surface area contributed by atoms with Crippen molar-refractivity contribution < 1.29 is 44.0 Å². The highest BCUT2D eigenvalue weighted by Crippen LogP contribution is 2.50. The topological polar surface area (TPSA) is 181 Å². The largest absolute Gasteiger partial charge is 0.481 e. The van der Waals surface area contributed by atoms with Gasteiger partial charge in [-0.1, -0.05) is 24.3 Å². The summed E-state index contributed by atoms with van der Waals surface area (Å²) in [6.45, 7) is 1.42. The third-order valence-corrected chi connectivity index (χ3v) is 6.62. The van der Waals surface area contributed by atoms with Gasteiger partial charge in [0.25, 0.3) is 0 Å². The number of carbonyl (C=O) groups excluding carboxylic acids is 2. The molecule has 4 aliphatic rings. The average molecular weight is 435 g/mol. The third kappa shape index (κ3) is 4.25. The molecule has 2 fully saturated rings. The molecule has 0 heterocycles. The summed E-state index contributed by atoms with van der Waals surface area (Å²) >= 11 is 0. The molecule has 0 aromatic rings. The van der Waals surface area contributed by atoms with Crippen molar-refractivity contribution in [2.45, 2.75) is 25.8 Å². The molecule has 0 aromatic heterocycles. The fourth-order valence-corrected chi connectivity index (χ4v) is 5.20. The van der Waals surface area contributed by atoms with Crippen LogP contribution >= 0.6 is 0 Å². The van der Waals surface area contributed by atoms with Crippen molar-refractivity contribution in [2.24, 2.45) is 53.1 Å². The highest BCUT2D eigenvalue weighted by molar-refractivity contribution is 5.93. The number of hydrogen-bond acceptors (Lipinski definition) is 7. The van der Waals surface area contributed by atoms with Gasteiger partial charge in [-0.2, -0.15) is 0 Å². The molecule has 0 saturated heterocycles. The van der Waals surface area contributed by atoms with Gasteiger partial charge in [0.1, 0.15) is 6.04 Å². The summed E-state index contributed by atoms with van der Waals surface area (Å²) in [6, 6.07) is -0.731. The van der Waals surface area contributed by atoms with E-state index in [2.05, 4.69) is 0 Å². The van der Waals surface area contributed by atoms with Gasteiger partial charge in [-0.05, 0) is 43.4 Å². The molecule has 0 amide bonds. The summed E-state index contributed by atoms with van der Waals surface area (Å²) < 4.78 is 5.01. The minimum Gasteiger partial charge on any atom is -0.481 e. The van der Waals surface area contributed by atoms with E-state index in [0.717, 1.165) is 0 Å². The minimum absolute atomic E-state index is 0.215. The van der Waals surface area contributed by atoms with Crippen LogP contribution in [0.5, 0.6) is 0 Å². The van der Waals surface area contributed by atoms with E-state index >= 15 is 0 Å². The molecule has 4 bridgehead atoms. The molecule has 0 aromatic carbocycles. The van der Waals surface area contributed by atoms with Gasteiger partial charge in [-0.3, -0.25) is 24.0 Å². The molecule has 5 N–H and O–H groups in total. The van der Waals surface area contributed by atoms with Gasteiger partial charge in [-0.25, -0.2) is 0 Å². The molecular weight excluding hydrogens is 410 g/mol. The maximum Gasteiger partial charge on any atom is 0.320 e. The van der Waals surface area contributed by atoms with E-state index in [1.807, 2.05) is 0 Å². The number of esters is 2. The molecule has 168 valence electrons. The van der Waals surface area contributed by atoms with Gasteiger partial charge < -0.3 is 25.8 Å². The number of ether oxygens (including phenoxy) is 1. The van der Waals surface area contributed by atoms with Gasteiger partial charge in [0.2, 0.25) is 0 Å². The Bertz CT molecular complexity index is 801. The summed E-state index contributed by atoms with van der Waals surface area (Å²) in [5.74, 6) is -9.22. The maximum absolute atomic E-state index is 12.5. The van der Waals surface area contributed by atoms with E-state index in [9.17, 15) is 34.2 Å². The standard InChI is InChI=1S/C18H18O7.C3H7NO2/c19-15(20)11-7-1-3-9(5-7)13(11)17(23)25-18(24)14-10-4-2-8(6-10)12(14)16(21)22;1-2(4)3(5)6/h1-4,7-14H,5-6H2,(H,19,20)(H,21,22);2H,4H2,1H3,(H,5,6). The third-order valence-electron chi connectivity index (χ3n) is 6.62. The number of hydrogen-bond donors (Lipinski definition) is 4. The van der Waals surface area contributed by atoms with Gasteiger partial charge in [0.05, 0.1) is 23.7 Å². The van der Waals surface area contributed by atoms with E-state index in [0.29, 0.717) is 12.8 Å². The predicted molar refractivity (Wildman–Crippen MR) is 103 cm³/mol. The quantitative estimate of drug-likeness (QED) is 0.270. The molecule has 0 radical (unpaired) electrons. The monoisotopic (exact) mass is 435 g/mol. The number of aliphatic carboxylic acids is 3. The van der Waals surface area contributed by atoms with Crippen molar-refractivity contribution in [1.29, 1.82) is 0 Å². The van der Waals surface area contributed by atoms with Gasteiger partial charge >= 0.3 is 29.8 Å². The number of carbonyl (C=O) groups is 5. The van der Waals surface area contributed by atoms with Crippen LogP contribution in [0.3, 0.4) is 0 Å². The summed E-state index contributed by atoms with van der Waals surface area (Å²) in [6.07, 6.45) is 8.35. The zero-order chi connectivity index (χ0) is 23.0. The lowest BCUT2D eigenvalue weighted by atomic mass is 9.82. The first-order chi connectivity index (χ1) is 14.5. The second-order valence-electron chi connectivity index (χ2n) is 8.54. The van der Waals surface area contributed by atoms with Crippen molar-refractivity contribution in [2.75, 3.05) is 0 Å². The van der Waals surface area contributed by atoms with Crippen LogP contribution < -0.4 is 5.73 Å². The van der Waals surface area contributed by atoms with Crippen molar-refractivity contribution in [3.8, 4) is 0 Å². The zero-order valence-electron chi connectivity index (χ0n) is 16.8. The van der Waals surface area contributed by atoms with Crippen LogP contribution in [0.15, 0.2) is 24.3 Å². The average Bonchev–Trinajstić information content (AvgIpc) is 3.46. The van der Waals surface area contributed by atoms with Crippen LogP contribution in [0.1, 0.15) is 19.8 Å². The Labute approximate surface area is 177 Å². The molecular formula is C21H25NO9. The van der Waals surface area contributed by atoms with Crippen molar-refractivity contribution >= 4 is 29.8 Å². The molecule has 4 aliphatic carbocycles. The first-order valence-electron chi connectivity index (χ1n) is 10.1. The fraction of sp³-hybridized carbons (Fsp3) is 0.571. The molecule has 9 atom stereocenters. The Morgan fingerprint density at radius 2 is 1.03 bits per heavy atom. The fourth-order valence-electron chi connectivity index (χ4n) is 5.20. The molecule has 0 aliphatic heterocycles. The first-order valence-corrected chi connectivity index (χ1v) is 10.1. The lowest BCUT2D eigenvalue weighted by molar-refractivity contribution is -0.173. The zero-order valence-corrected chi connectivity index (χ0v) is 16.8. The lowest BCUT2D eigenvalue weighted by Crippen LogP contribution is -2.39. The molecule has 10 heteroatoms. The van der Waals surface area contributed by atoms with Crippen molar-refractivity contribution in [3.05, 3.63) is 24.3 Å². The lowest BCUT2D eigenvalue weighted by Gasteiger charge is -2.25. The molecule has 9 unspecified atom stereocenters. The predicted octanol–water partition coefficient (Wildman–Crippen LogP) is 0.520. The summed E-state index contributed by atoms with van der Waals surface area (Å²) in [5, 5.41) is 26.6. The number of fused-ring (bicyclic) bond motifs is 4. The van der Waals surface area contributed by atoms with Crippen LogP contribution in [0.2, 0.25) is 0 Å². The Morgan fingerprint density at radius 1 is 0.742 bits per heavy atom. The van der Waals surface area contributed by atoms with E-state index in [4.69, 9.17) is 15.6 Å². The highest BCUT2D eigenvalue weighted by atomic mass is 16.6. The molecule has 4 rings (SSSR count). The number of nitrogens with two attached hydrogens (primary N) is 1. The van der Waals surface area contributed by atoms with Crippen LogP contribution in [-0.2, 0) is 28.7 Å². The van der Waals surface area contributed by atoms with Gasteiger partial charge in [0.15, 0.2) is 0 Å². The summed E-state index contributed by atoms with van der Waals surface area (Å²) in [4.78, 5) is 57.5. The SMILES string of the molecule is CC(N)C(=O)O.O=C(O)C1C2C=CC(C2)C1C(=O)OC(=O)C1C2C=CC(C2)C1C(=O)O. The molecule has 10 nitrogen and oxygen atoms in total. The number of carboxylic acid groups (broad SMARTS) is 3. The van der Waals surface area contributed by atoms with E-state index in [1.165, 1.54) is 6.92 Å². The van der Waals surface area contributed by atoms with Gasteiger partial charge in [0, 0.05) is 0 Å². The molecule has 2 saturated carbocycles. The normalized spacial score (nSPS) is 37.1. The second-order valence-corrected chi connectivity index (χ2v) is 8.54. The Balaban J connectivity index is 0.000000401. The van der Waals surface area contributed by atoms with Crippen LogP contribution in [-0.4, -0.2) is 51.2 Å². The van der Waals surface area contributed by atoms with Crippen LogP contribution in [0, 0.1) is 47.3 Å². The maximum atomic E-state index is 12.5. The van der Waals surface area contributed by atoms with E-state index in [1.54, 1.807) is 24.3 Å². The number of allylic oxidation sites excluding steroid dienone is 4. The molecule has 0 spiro atoms. The molecule has 31 heavy (non-hydrogen) atoms.